The zero-order valence-electron chi connectivity index (χ0n) is 18.6. The number of hydrogen-bond donors (Lipinski definition) is 6. The highest BCUT2D eigenvalue weighted by atomic mass is 16.2. The van der Waals surface area contributed by atoms with Gasteiger partial charge in [-0.15, -0.1) is 0 Å². The van der Waals surface area contributed by atoms with Crippen molar-refractivity contribution in [3.05, 3.63) is 83.0 Å². The van der Waals surface area contributed by atoms with E-state index < -0.39 is 0 Å². The van der Waals surface area contributed by atoms with Crippen molar-refractivity contribution in [3.63, 3.8) is 0 Å². The van der Waals surface area contributed by atoms with E-state index in [-0.39, 0.29) is 5.91 Å². The maximum atomic E-state index is 12.5. The molecule has 0 saturated carbocycles. The van der Waals surface area contributed by atoms with Gasteiger partial charge in [-0.3, -0.25) is 4.79 Å². The summed E-state index contributed by atoms with van der Waals surface area (Å²) >= 11 is 0. The zero-order chi connectivity index (χ0) is 22.9. The lowest BCUT2D eigenvalue weighted by Crippen LogP contribution is -2.45. The number of carbonyl (C=O) groups excluding carboxylic acids is 1. The van der Waals surface area contributed by atoms with Crippen LogP contribution in [0.5, 0.6) is 0 Å². The highest BCUT2D eigenvalue weighted by molar-refractivity contribution is 6.32. The summed E-state index contributed by atoms with van der Waals surface area (Å²) in [4.78, 5) is 12.5. The zero-order valence-corrected chi connectivity index (χ0v) is 18.6. The second-order valence-corrected chi connectivity index (χ2v) is 8.70. The molecule has 0 fully saturated rings. The average molecular weight is 444 g/mol. The second kappa shape index (κ2) is 8.55. The van der Waals surface area contributed by atoms with E-state index in [1.165, 1.54) is 11.3 Å². The smallest absolute Gasteiger partial charge is 0.258 e. The fraction of sp³-hybridized carbons (Fsp3) is 0.240. The van der Waals surface area contributed by atoms with E-state index in [2.05, 4.69) is 33.4 Å². The predicted molar refractivity (Wildman–Crippen MR) is 132 cm³/mol. The highest BCUT2D eigenvalue weighted by Crippen LogP contribution is 2.35. The fourth-order valence-electron chi connectivity index (χ4n) is 4.54. The molecule has 3 aliphatic rings. The summed E-state index contributed by atoms with van der Waals surface area (Å²) in [5, 5.41) is 15.2. The van der Waals surface area contributed by atoms with Crippen molar-refractivity contribution in [2.24, 2.45) is 5.84 Å². The summed E-state index contributed by atoms with van der Waals surface area (Å²) < 4.78 is 0. The van der Waals surface area contributed by atoms with Crippen LogP contribution in [0.25, 0.3) is 5.57 Å². The van der Waals surface area contributed by atoms with E-state index in [0.717, 1.165) is 54.3 Å². The van der Waals surface area contributed by atoms with Crippen LogP contribution in [0.3, 0.4) is 0 Å². The molecule has 8 heteroatoms. The van der Waals surface area contributed by atoms with Crippen molar-refractivity contribution in [1.82, 2.24) is 15.6 Å². The summed E-state index contributed by atoms with van der Waals surface area (Å²) in [5.41, 5.74) is 14.1. The molecule has 0 spiro atoms. The van der Waals surface area contributed by atoms with E-state index in [1.807, 2.05) is 43.5 Å². The fourth-order valence-corrected chi connectivity index (χ4v) is 4.54. The molecule has 0 saturated heterocycles. The van der Waals surface area contributed by atoms with Gasteiger partial charge in [0, 0.05) is 65.8 Å². The van der Waals surface area contributed by atoms with Gasteiger partial charge >= 0.3 is 0 Å². The Balaban J connectivity index is 1.25. The minimum atomic E-state index is -0.118. The van der Waals surface area contributed by atoms with Crippen LogP contribution in [-0.2, 0) is 11.2 Å². The third kappa shape index (κ3) is 4.38. The van der Waals surface area contributed by atoms with Crippen LogP contribution in [-0.4, -0.2) is 30.0 Å². The third-order valence-electron chi connectivity index (χ3n) is 6.23. The quantitative estimate of drug-likeness (QED) is 0.244. The first-order valence-corrected chi connectivity index (χ1v) is 11.2. The largest absolute Gasteiger partial charge is 0.399 e. The summed E-state index contributed by atoms with van der Waals surface area (Å²) in [5.74, 6) is 5.78. The second-order valence-electron chi connectivity index (χ2n) is 8.70. The SMILES string of the molecule is C/C(Nc1ccc(CC2CNC3=C(CCN(N)C=C3)N2)cc1)=C1/C(=O)Nc2ccc(N)cc21. The van der Waals surface area contributed by atoms with Crippen molar-refractivity contribution < 1.29 is 4.79 Å². The number of nitrogens with zero attached hydrogens (tertiary/aromatic N) is 1. The minimum Gasteiger partial charge on any atom is -0.399 e. The number of nitrogens with one attached hydrogen (secondary N) is 4. The molecule has 5 rings (SSSR count). The van der Waals surface area contributed by atoms with E-state index >= 15 is 0 Å². The number of hydrogen-bond acceptors (Lipinski definition) is 7. The third-order valence-corrected chi connectivity index (χ3v) is 6.23. The van der Waals surface area contributed by atoms with E-state index in [4.69, 9.17) is 11.6 Å². The first-order chi connectivity index (χ1) is 16.0. The molecule has 8 N–H and O–H groups in total. The molecule has 8 nitrogen and oxygen atoms in total. The van der Waals surface area contributed by atoms with Gasteiger partial charge in [0.15, 0.2) is 0 Å². The molecule has 3 heterocycles. The Kier molecular flexibility index (Phi) is 5.43. The number of hydrazine groups is 1. The number of anilines is 3. The van der Waals surface area contributed by atoms with Crippen LogP contribution in [0.15, 0.2) is 71.8 Å². The van der Waals surface area contributed by atoms with Gasteiger partial charge in [0.05, 0.1) is 11.3 Å². The summed E-state index contributed by atoms with van der Waals surface area (Å²) in [6.45, 7) is 3.56. The van der Waals surface area contributed by atoms with Crippen LogP contribution < -0.4 is 32.8 Å². The predicted octanol–water partition coefficient (Wildman–Crippen LogP) is 2.47. The number of benzene rings is 2. The molecule has 2 aromatic carbocycles. The Hall–Kier alpha value is -3.91. The maximum Gasteiger partial charge on any atom is 0.258 e. The van der Waals surface area contributed by atoms with Crippen LogP contribution >= 0.6 is 0 Å². The molecule has 3 aliphatic heterocycles. The first-order valence-electron chi connectivity index (χ1n) is 11.2. The molecule has 33 heavy (non-hydrogen) atoms. The Morgan fingerprint density at radius 2 is 2.03 bits per heavy atom. The normalized spacial score (nSPS) is 20.8. The number of fused-ring (bicyclic) bond motifs is 1. The molecule has 1 atom stereocenters. The van der Waals surface area contributed by atoms with Crippen molar-refractivity contribution >= 4 is 28.5 Å². The number of allylic oxidation sites excluding steroid dienone is 2. The number of nitrogens with two attached hydrogens (primary N) is 2. The lowest BCUT2D eigenvalue weighted by atomic mass is 10.0. The number of carbonyl (C=O) groups is 1. The van der Waals surface area contributed by atoms with E-state index in [0.29, 0.717) is 17.3 Å². The standard InChI is InChI=1S/C25H29N7O/c1-15(24-20-13-17(26)4-7-21(20)31-25(24)33)29-18-5-2-16(3-6-18)12-19-14-28-22-8-10-32(27)11-9-23(22)30-19/h2-8,10,13,19,28-30H,9,11-12,14,26-27H2,1H3,(H,31,33)/b24-15-. The van der Waals surface area contributed by atoms with Gasteiger partial charge in [-0.1, -0.05) is 12.1 Å². The minimum absolute atomic E-state index is 0.118. The molecule has 2 aromatic rings. The maximum absolute atomic E-state index is 12.5. The van der Waals surface area contributed by atoms with E-state index in [1.54, 1.807) is 11.1 Å². The van der Waals surface area contributed by atoms with Crippen LogP contribution in [0.2, 0.25) is 0 Å². The molecular formula is C25H29N7O. The van der Waals surface area contributed by atoms with Crippen LogP contribution in [0.1, 0.15) is 24.5 Å². The van der Waals surface area contributed by atoms with E-state index in [9.17, 15) is 4.79 Å². The monoisotopic (exact) mass is 443 g/mol. The van der Waals surface area contributed by atoms with Gasteiger partial charge in [-0.25, -0.2) is 5.84 Å². The van der Waals surface area contributed by atoms with Gasteiger partial charge in [0.2, 0.25) is 0 Å². The molecule has 1 unspecified atom stereocenters. The van der Waals surface area contributed by atoms with Crippen molar-refractivity contribution in [1.29, 1.82) is 0 Å². The van der Waals surface area contributed by atoms with Gasteiger partial charge < -0.3 is 32.0 Å². The van der Waals surface area contributed by atoms with Gasteiger partial charge in [-0.2, -0.15) is 0 Å². The summed E-state index contributed by atoms with van der Waals surface area (Å²) in [6, 6.07) is 14.1. The lowest BCUT2D eigenvalue weighted by molar-refractivity contribution is -0.110. The van der Waals surface area contributed by atoms with Crippen molar-refractivity contribution in [2.75, 3.05) is 29.5 Å². The van der Waals surface area contributed by atoms with Gasteiger partial charge in [0.25, 0.3) is 5.91 Å². The lowest BCUT2D eigenvalue weighted by Gasteiger charge is -2.29. The van der Waals surface area contributed by atoms with Crippen LogP contribution in [0, 0.1) is 0 Å². The molecule has 0 radical (unpaired) electrons. The van der Waals surface area contributed by atoms with Gasteiger partial charge in [-0.05, 0) is 55.3 Å². The molecule has 170 valence electrons. The highest BCUT2D eigenvalue weighted by Gasteiger charge is 2.26. The Morgan fingerprint density at radius 3 is 2.85 bits per heavy atom. The topological polar surface area (TPSA) is 120 Å². The summed E-state index contributed by atoms with van der Waals surface area (Å²) in [6.07, 6.45) is 5.74. The summed E-state index contributed by atoms with van der Waals surface area (Å²) in [7, 11) is 0. The van der Waals surface area contributed by atoms with Crippen molar-refractivity contribution in [3.8, 4) is 0 Å². The first kappa shape index (κ1) is 21.0. The Bertz CT molecular complexity index is 1180. The van der Waals surface area contributed by atoms with Crippen LogP contribution in [0.4, 0.5) is 17.1 Å². The van der Waals surface area contributed by atoms with Crippen molar-refractivity contribution in [2.45, 2.75) is 25.8 Å². The Labute approximate surface area is 193 Å². The van der Waals surface area contributed by atoms with Gasteiger partial charge in [0.1, 0.15) is 0 Å². The molecule has 0 bridgehead atoms. The molecule has 1 amide bonds. The number of rotatable bonds is 4. The Morgan fingerprint density at radius 1 is 1.21 bits per heavy atom. The number of amides is 1. The molecule has 0 aliphatic carbocycles. The molecule has 0 aromatic heterocycles. The number of nitrogen functional groups attached to an aromatic ring is 1. The average Bonchev–Trinajstić information content (AvgIpc) is 3.01. The molecular weight excluding hydrogens is 414 g/mol.